The second-order valence-electron chi connectivity index (χ2n) is 4.74. The molecule has 0 saturated heterocycles. The van der Waals surface area contributed by atoms with Crippen LogP contribution in [0.5, 0.6) is 0 Å². The number of thiazole rings is 1. The van der Waals surface area contributed by atoms with Gasteiger partial charge in [0.15, 0.2) is 11.5 Å². The number of benzene rings is 1. The quantitative estimate of drug-likeness (QED) is 0.785. The van der Waals surface area contributed by atoms with Crippen LogP contribution in [-0.4, -0.2) is 10.9 Å². The van der Waals surface area contributed by atoms with E-state index in [1.807, 2.05) is 43.5 Å². The number of amides is 1. The van der Waals surface area contributed by atoms with Crippen molar-refractivity contribution in [1.82, 2.24) is 4.98 Å². The second-order valence-corrected chi connectivity index (χ2v) is 5.80. The number of nitrogens with zero attached hydrogens (tertiary/aromatic N) is 1. The largest absolute Gasteiger partial charge is 0.449 e. The summed E-state index contributed by atoms with van der Waals surface area (Å²) in [5.41, 5.74) is 2.65. The first-order valence-corrected chi connectivity index (χ1v) is 7.40. The highest BCUT2D eigenvalue weighted by molar-refractivity contribution is 7.09. The first kappa shape index (κ1) is 13.6. The van der Waals surface area contributed by atoms with Gasteiger partial charge in [0.1, 0.15) is 5.69 Å². The summed E-state index contributed by atoms with van der Waals surface area (Å²) in [5, 5.41) is 5.68. The SMILES string of the molecule is Cc1ccc(NC(=O)c2ccc(-c3csc(C)n3)o2)cc1. The molecule has 0 unspecified atom stereocenters. The Morgan fingerprint density at radius 2 is 1.90 bits per heavy atom. The molecule has 3 rings (SSSR count). The molecule has 0 aliphatic carbocycles. The summed E-state index contributed by atoms with van der Waals surface area (Å²) in [6.45, 7) is 3.93. The van der Waals surface area contributed by atoms with Crippen molar-refractivity contribution < 1.29 is 9.21 Å². The van der Waals surface area contributed by atoms with Crippen LogP contribution in [0.25, 0.3) is 11.5 Å². The fraction of sp³-hybridized carbons (Fsp3) is 0.125. The Labute approximate surface area is 126 Å². The van der Waals surface area contributed by atoms with E-state index >= 15 is 0 Å². The molecule has 0 aliphatic heterocycles. The maximum atomic E-state index is 12.1. The van der Waals surface area contributed by atoms with Crippen LogP contribution in [0.15, 0.2) is 46.2 Å². The van der Waals surface area contributed by atoms with Gasteiger partial charge in [-0.3, -0.25) is 4.79 Å². The molecule has 2 heterocycles. The lowest BCUT2D eigenvalue weighted by Gasteiger charge is -2.03. The summed E-state index contributed by atoms with van der Waals surface area (Å²) in [4.78, 5) is 16.5. The standard InChI is InChI=1S/C16H14N2O2S/c1-10-3-5-12(6-4-10)18-16(19)15-8-7-14(20-15)13-9-21-11(2)17-13/h3-9H,1-2H3,(H,18,19). The van der Waals surface area contributed by atoms with Crippen molar-refractivity contribution in [2.24, 2.45) is 0 Å². The summed E-state index contributed by atoms with van der Waals surface area (Å²) in [7, 11) is 0. The fourth-order valence-corrected chi connectivity index (χ4v) is 2.51. The monoisotopic (exact) mass is 298 g/mol. The van der Waals surface area contributed by atoms with E-state index in [-0.39, 0.29) is 11.7 Å². The number of hydrogen-bond acceptors (Lipinski definition) is 4. The van der Waals surface area contributed by atoms with E-state index in [1.165, 1.54) is 0 Å². The van der Waals surface area contributed by atoms with Crippen LogP contribution in [-0.2, 0) is 0 Å². The van der Waals surface area contributed by atoms with E-state index < -0.39 is 0 Å². The highest BCUT2D eigenvalue weighted by Gasteiger charge is 2.13. The third kappa shape index (κ3) is 3.03. The zero-order valence-corrected chi connectivity index (χ0v) is 12.5. The van der Waals surface area contributed by atoms with E-state index in [0.29, 0.717) is 5.76 Å². The van der Waals surface area contributed by atoms with Gasteiger partial charge in [-0.1, -0.05) is 17.7 Å². The molecular weight excluding hydrogens is 284 g/mol. The van der Waals surface area contributed by atoms with Gasteiger partial charge in [-0.25, -0.2) is 4.98 Å². The highest BCUT2D eigenvalue weighted by Crippen LogP contribution is 2.24. The molecule has 0 saturated carbocycles. The van der Waals surface area contributed by atoms with Gasteiger partial charge in [0.05, 0.1) is 5.01 Å². The van der Waals surface area contributed by atoms with Gasteiger partial charge in [-0.15, -0.1) is 11.3 Å². The van der Waals surface area contributed by atoms with Crippen molar-refractivity contribution in [3.05, 3.63) is 58.1 Å². The van der Waals surface area contributed by atoms with E-state index in [1.54, 1.807) is 23.5 Å². The van der Waals surface area contributed by atoms with Gasteiger partial charge in [-0.2, -0.15) is 0 Å². The third-order valence-corrected chi connectivity index (χ3v) is 3.78. The Morgan fingerprint density at radius 1 is 1.14 bits per heavy atom. The first-order valence-electron chi connectivity index (χ1n) is 6.52. The lowest BCUT2D eigenvalue weighted by Crippen LogP contribution is -2.10. The van der Waals surface area contributed by atoms with Crippen LogP contribution in [0.2, 0.25) is 0 Å². The van der Waals surface area contributed by atoms with Crippen LogP contribution >= 0.6 is 11.3 Å². The van der Waals surface area contributed by atoms with E-state index in [0.717, 1.165) is 22.0 Å². The van der Waals surface area contributed by atoms with E-state index in [9.17, 15) is 4.79 Å². The molecular formula is C16H14N2O2S. The summed E-state index contributed by atoms with van der Waals surface area (Å²) in [5.74, 6) is 0.613. The van der Waals surface area contributed by atoms with Gasteiger partial charge < -0.3 is 9.73 Å². The number of carbonyl (C=O) groups excluding carboxylic acids is 1. The minimum absolute atomic E-state index is 0.267. The number of rotatable bonds is 3. The van der Waals surface area contributed by atoms with Crippen molar-refractivity contribution >= 4 is 22.9 Å². The molecule has 1 N–H and O–H groups in total. The zero-order valence-electron chi connectivity index (χ0n) is 11.7. The van der Waals surface area contributed by atoms with Crippen molar-refractivity contribution in [2.45, 2.75) is 13.8 Å². The molecule has 1 amide bonds. The van der Waals surface area contributed by atoms with Crippen molar-refractivity contribution in [3.8, 4) is 11.5 Å². The molecule has 0 bridgehead atoms. The fourth-order valence-electron chi connectivity index (χ4n) is 1.90. The Bertz CT molecular complexity index is 772. The lowest BCUT2D eigenvalue weighted by molar-refractivity contribution is 0.0997. The summed E-state index contributed by atoms with van der Waals surface area (Å²) in [6, 6.07) is 11.0. The molecule has 0 aliphatic rings. The van der Waals surface area contributed by atoms with Crippen LogP contribution in [0.4, 0.5) is 5.69 Å². The topological polar surface area (TPSA) is 55.1 Å². The summed E-state index contributed by atoms with van der Waals surface area (Å²) < 4.78 is 5.57. The van der Waals surface area contributed by atoms with Crippen molar-refractivity contribution in [1.29, 1.82) is 0 Å². The minimum atomic E-state index is -0.267. The number of anilines is 1. The summed E-state index contributed by atoms with van der Waals surface area (Å²) >= 11 is 1.55. The second kappa shape index (κ2) is 5.54. The molecule has 4 nitrogen and oxygen atoms in total. The van der Waals surface area contributed by atoms with Gasteiger partial charge >= 0.3 is 0 Å². The number of hydrogen-bond donors (Lipinski definition) is 1. The van der Waals surface area contributed by atoms with Crippen molar-refractivity contribution in [2.75, 3.05) is 5.32 Å². The van der Waals surface area contributed by atoms with Crippen LogP contribution in [0.3, 0.4) is 0 Å². The van der Waals surface area contributed by atoms with Crippen molar-refractivity contribution in [3.63, 3.8) is 0 Å². The number of furan rings is 1. The molecule has 3 aromatic rings. The van der Waals surface area contributed by atoms with Gasteiger partial charge in [0, 0.05) is 11.1 Å². The number of carbonyl (C=O) groups is 1. The van der Waals surface area contributed by atoms with E-state index in [2.05, 4.69) is 10.3 Å². The van der Waals surface area contributed by atoms with E-state index in [4.69, 9.17) is 4.42 Å². The Hall–Kier alpha value is -2.40. The molecule has 106 valence electrons. The number of nitrogens with one attached hydrogen (secondary N) is 1. The summed E-state index contributed by atoms with van der Waals surface area (Å²) in [6.07, 6.45) is 0. The third-order valence-electron chi connectivity index (χ3n) is 3.01. The van der Waals surface area contributed by atoms with Crippen LogP contribution in [0.1, 0.15) is 21.1 Å². The molecule has 0 spiro atoms. The predicted octanol–water partition coefficient (Wildman–Crippen LogP) is 4.27. The smallest absolute Gasteiger partial charge is 0.291 e. The van der Waals surface area contributed by atoms with Crippen LogP contribution in [0, 0.1) is 13.8 Å². The zero-order chi connectivity index (χ0) is 14.8. The average Bonchev–Trinajstić information content (AvgIpc) is 3.10. The molecule has 0 radical (unpaired) electrons. The Kier molecular flexibility index (Phi) is 3.58. The van der Waals surface area contributed by atoms with Crippen LogP contribution < -0.4 is 5.32 Å². The normalized spacial score (nSPS) is 10.6. The molecule has 21 heavy (non-hydrogen) atoms. The van der Waals surface area contributed by atoms with Gasteiger partial charge in [0.25, 0.3) is 5.91 Å². The number of aryl methyl sites for hydroxylation is 2. The molecule has 2 aromatic heterocycles. The lowest BCUT2D eigenvalue weighted by atomic mass is 10.2. The molecule has 5 heteroatoms. The van der Waals surface area contributed by atoms with Gasteiger partial charge in [0.2, 0.25) is 0 Å². The highest BCUT2D eigenvalue weighted by atomic mass is 32.1. The molecule has 1 aromatic carbocycles. The molecule has 0 atom stereocenters. The average molecular weight is 298 g/mol. The Balaban J connectivity index is 1.76. The first-order chi connectivity index (χ1) is 10.1. The maximum absolute atomic E-state index is 12.1. The minimum Gasteiger partial charge on any atom is -0.449 e. The predicted molar refractivity (Wildman–Crippen MR) is 83.7 cm³/mol. The van der Waals surface area contributed by atoms with Gasteiger partial charge in [-0.05, 0) is 38.1 Å². The Morgan fingerprint density at radius 3 is 2.57 bits per heavy atom. The molecule has 0 fully saturated rings. The number of aromatic nitrogens is 1. The maximum Gasteiger partial charge on any atom is 0.291 e.